The van der Waals surface area contributed by atoms with E-state index in [1.165, 1.54) is 83.5 Å². The van der Waals surface area contributed by atoms with Gasteiger partial charge in [-0.2, -0.15) is 0 Å². The van der Waals surface area contributed by atoms with Crippen molar-refractivity contribution in [1.82, 2.24) is 5.32 Å². The molecule has 1 amide bonds. The fraction of sp³-hybridized carbons (Fsp3) is 0.885. The first-order valence-corrected chi connectivity index (χ1v) is 12.4. The molecular weight excluding hydrogens is 342 g/mol. The Morgan fingerprint density at radius 1 is 0.929 bits per heavy atom. The Balaban J connectivity index is 1.41. The molecule has 6 atom stereocenters. The number of nitrogens with one attached hydrogen (secondary N) is 1. The first-order chi connectivity index (χ1) is 13.4. The highest BCUT2D eigenvalue weighted by Crippen LogP contribution is 2.72. The Labute approximate surface area is 172 Å². The van der Waals surface area contributed by atoms with Crippen molar-refractivity contribution in [1.29, 1.82) is 0 Å². The highest BCUT2D eigenvalue weighted by atomic mass is 16.2. The van der Waals surface area contributed by atoms with Crippen LogP contribution in [0.5, 0.6) is 0 Å². The molecule has 156 valence electrons. The predicted octanol–water partition coefficient (Wildman–Crippen LogP) is 6.40. The van der Waals surface area contributed by atoms with Crippen LogP contribution in [0.25, 0.3) is 0 Å². The molecule has 0 saturated heterocycles. The van der Waals surface area contributed by atoms with Crippen LogP contribution in [0, 0.1) is 34.0 Å². The minimum atomic E-state index is -0.154. The fourth-order valence-corrected chi connectivity index (χ4v) is 9.22. The van der Waals surface area contributed by atoms with E-state index in [0.29, 0.717) is 28.7 Å². The minimum absolute atomic E-state index is 0.154. The number of carbonyl (C=O) groups excluding carboxylic acids is 1. The maximum absolute atomic E-state index is 13.6. The van der Waals surface area contributed by atoms with Crippen LogP contribution >= 0.6 is 0 Å². The zero-order chi connectivity index (χ0) is 19.6. The van der Waals surface area contributed by atoms with E-state index >= 15 is 0 Å². The molecule has 0 radical (unpaired) electrons. The van der Waals surface area contributed by atoms with Gasteiger partial charge in [-0.25, -0.2) is 0 Å². The maximum Gasteiger partial charge on any atom is 0.226 e. The number of carbonyl (C=O) groups is 1. The summed E-state index contributed by atoms with van der Waals surface area (Å²) in [5, 5.41) is 3.54. The van der Waals surface area contributed by atoms with Gasteiger partial charge in [0.2, 0.25) is 5.91 Å². The third kappa shape index (κ3) is 2.68. The van der Waals surface area contributed by atoms with Crippen molar-refractivity contribution in [2.75, 3.05) is 0 Å². The van der Waals surface area contributed by atoms with Crippen molar-refractivity contribution in [2.45, 2.75) is 110 Å². The number of amides is 1. The number of hydrogen-bond donors (Lipinski definition) is 1. The molecule has 2 unspecified atom stereocenters. The van der Waals surface area contributed by atoms with Crippen molar-refractivity contribution in [2.24, 2.45) is 34.0 Å². The second kappa shape index (κ2) is 6.61. The van der Waals surface area contributed by atoms with Gasteiger partial charge in [0, 0.05) is 11.5 Å². The highest BCUT2D eigenvalue weighted by molar-refractivity contribution is 5.83. The van der Waals surface area contributed by atoms with Crippen LogP contribution in [0.1, 0.15) is 104 Å². The standard InChI is InChI=1S/C26H41NO/c1-18-16-26-15-12-21-24(2,22(26)11-10-19(18)17-26)13-7-14-25(21,3)23(28)27-20-8-5-4-6-9-20/h19-22H,1,4-17H2,2-3H3,(H,27,28)/t19-,21?,22?,24+,25+,26+/m0/s1. The maximum atomic E-state index is 13.6. The van der Waals surface area contributed by atoms with Crippen LogP contribution in [0.2, 0.25) is 0 Å². The molecule has 2 heteroatoms. The average molecular weight is 384 g/mol. The van der Waals surface area contributed by atoms with E-state index in [0.717, 1.165) is 18.3 Å². The second-order valence-electron chi connectivity index (χ2n) is 11.9. The van der Waals surface area contributed by atoms with Crippen LogP contribution in [0.3, 0.4) is 0 Å². The van der Waals surface area contributed by atoms with Gasteiger partial charge in [-0.15, -0.1) is 0 Å². The molecule has 2 nitrogen and oxygen atoms in total. The lowest BCUT2D eigenvalue weighted by Gasteiger charge is -2.63. The van der Waals surface area contributed by atoms with Crippen LogP contribution in [0.15, 0.2) is 12.2 Å². The van der Waals surface area contributed by atoms with E-state index < -0.39 is 0 Å². The summed E-state index contributed by atoms with van der Waals surface area (Å²) in [5.41, 5.74) is 2.28. The summed E-state index contributed by atoms with van der Waals surface area (Å²) in [6, 6.07) is 0.440. The molecule has 1 N–H and O–H groups in total. The van der Waals surface area contributed by atoms with Crippen molar-refractivity contribution in [3.63, 3.8) is 0 Å². The van der Waals surface area contributed by atoms with Crippen LogP contribution in [-0.4, -0.2) is 11.9 Å². The Kier molecular flexibility index (Phi) is 4.53. The highest BCUT2D eigenvalue weighted by Gasteiger charge is 2.64. The molecule has 1 spiro atoms. The smallest absolute Gasteiger partial charge is 0.226 e. The molecular formula is C26H41NO. The van der Waals surface area contributed by atoms with E-state index in [9.17, 15) is 4.79 Å². The summed E-state index contributed by atoms with van der Waals surface area (Å²) in [5.74, 6) is 2.59. The second-order valence-corrected chi connectivity index (χ2v) is 11.9. The Bertz CT molecular complexity index is 663. The Morgan fingerprint density at radius 2 is 1.71 bits per heavy atom. The zero-order valence-corrected chi connectivity index (χ0v) is 18.3. The molecule has 0 aromatic carbocycles. The van der Waals surface area contributed by atoms with Crippen LogP contribution in [0.4, 0.5) is 0 Å². The summed E-state index contributed by atoms with van der Waals surface area (Å²) in [6.45, 7) is 9.40. The SMILES string of the molecule is C=C1C[C@@]23CCC4[C@@](C)(CCC[C@@]4(C)C(=O)NC4CCCCC4)C2CC[C@H]1C3. The lowest BCUT2D eigenvalue weighted by Crippen LogP contribution is -2.60. The first kappa shape index (κ1) is 19.2. The normalized spacial score (nSPS) is 48.6. The fourth-order valence-electron chi connectivity index (χ4n) is 9.22. The molecule has 28 heavy (non-hydrogen) atoms. The molecule has 0 aromatic heterocycles. The molecule has 5 saturated carbocycles. The van der Waals surface area contributed by atoms with E-state index in [4.69, 9.17) is 0 Å². The van der Waals surface area contributed by atoms with Gasteiger partial charge in [-0.3, -0.25) is 4.79 Å². The van der Waals surface area contributed by atoms with Crippen molar-refractivity contribution < 1.29 is 4.79 Å². The lowest BCUT2D eigenvalue weighted by molar-refractivity contribution is -0.168. The Morgan fingerprint density at radius 3 is 2.50 bits per heavy atom. The summed E-state index contributed by atoms with van der Waals surface area (Å²) in [7, 11) is 0. The number of allylic oxidation sites excluding steroid dienone is 1. The van der Waals surface area contributed by atoms with Crippen molar-refractivity contribution >= 4 is 5.91 Å². The van der Waals surface area contributed by atoms with Gasteiger partial charge in [0.1, 0.15) is 0 Å². The Hall–Kier alpha value is -0.790. The first-order valence-electron chi connectivity index (χ1n) is 12.4. The van der Waals surface area contributed by atoms with E-state index in [1.54, 1.807) is 5.57 Å². The summed E-state index contributed by atoms with van der Waals surface area (Å²) in [6.07, 6.45) is 18.0. The van der Waals surface area contributed by atoms with E-state index in [1.807, 2.05) is 0 Å². The molecule has 0 aromatic rings. The summed E-state index contributed by atoms with van der Waals surface area (Å²) >= 11 is 0. The molecule has 5 fully saturated rings. The third-order valence-corrected chi connectivity index (χ3v) is 10.5. The van der Waals surface area contributed by atoms with Gasteiger partial charge >= 0.3 is 0 Å². The number of rotatable bonds is 2. The minimum Gasteiger partial charge on any atom is -0.353 e. The lowest BCUT2D eigenvalue weighted by atomic mass is 9.41. The van der Waals surface area contributed by atoms with E-state index in [-0.39, 0.29) is 5.41 Å². The molecule has 5 aliphatic carbocycles. The predicted molar refractivity (Wildman–Crippen MR) is 115 cm³/mol. The molecule has 5 rings (SSSR count). The third-order valence-electron chi connectivity index (χ3n) is 10.5. The van der Waals surface area contributed by atoms with E-state index in [2.05, 4.69) is 25.7 Å². The van der Waals surface area contributed by atoms with Gasteiger partial charge in [0.15, 0.2) is 0 Å². The molecule has 0 heterocycles. The molecule has 5 aliphatic rings. The van der Waals surface area contributed by atoms with Crippen molar-refractivity contribution in [3.8, 4) is 0 Å². The monoisotopic (exact) mass is 383 g/mol. The van der Waals surface area contributed by atoms with Crippen LogP contribution < -0.4 is 5.32 Å². The molecule has 0 aliphatic heterocycles. The van der Waals surface area contributed by atoms with Gasteiger partial charge in [-0.05, 0) is 92.8 Å². The molecule has 2 bridgehead atoms. The van der Waals surface area contributed by atoms with Crippen molar-refractivity contribution in [3.05, 3.63) is 12.2 Å². The van der Waals surface area contributed by atoms with Gasteiger partial charge in [0.05, 0.1) is 0 Å². The topological polar surface area (TPSA) is 29.1 Å². The zero-order valence-electron chi connectivity index (χ0n) is 18.3. The number of fused-ring (bicyclic) bond motifs is 3. The van der Waals surface area contributed by atoms with Gasteiger partial charge < -0.3 is 5.32 Å². The van der Waals surface area contributed by atoms with Gasteiger partial charge in [0.25, 0.3) is 0 Å². The summed E-state index contributed by atoms with van der Waals surface area (Å²) < 4.78 is 0. The quantitative estimate of drug-likeness (QED) is 0.549. The van der Waals surface area contributed by atoms with Gasteiger partial charge in [-0.1, -0.05) is 51.7 Å². The number of hydrogen-bond acceptors (Lipinski definition) is 1. The largest absolute Gasteiger partial charge is 0.353 e. The summed E-state index contributed by atoms with van der Waals surface area (Å²) in [4.78, 5) is 13.6. The van der Waals surface area contributed by atoms with Crippen LogP contribution in [-0.2, 0) is 4.79 Å². The average Bonchev–Trinajstić information content (AvgIpc) is 2.90.